The van der Waals surface area contributed by atoms with Gasteiger partial charge in [-0.3, -0.25) is 4.79 Å². The SMILES string of the molecule is CCCc1cc(OC)c(-c2c(C)ccc3c2CC(=O)N3CC(F)(F)F)c(OC)c1. The van der Waals surface area contributed by atoms with Crippen LogP contribution in [0.3, 0.4) is 0 Å². The molecule has 2 aromatic carbocycles. The number of halogens is 3. The summed E-state index contributed by atoms with van der Waals surface area (Å²) in [5.74, 6) is 0.585. The second kappa shape index (κ2) is 7.97. The summed E-state index contributed by atoms with van der Waals surface area (Å²) in [4.78, 5) is 13.2. The zero-order chi connectivity index (χ0) is 21.3. The lowest BCUT2D eigenvalue weighted by atomic mass is 9.90. The molecule has 7 heteroatoms. The van der Waals surface area contributed by atoms with Crippen molar-refractivity contribution in [3.8, 4) is 22.6 Å². The van der Waals surface area contributed by atoms with E-state index in [1.807, 2.05) is 19.1 Å². The van der Waals surface area contributed by atoms with Crippen LogP contribution in [0.5, 0.6) is 11.5 Å². The van der Waals surface area contributed by atoms with Crippen molar-refractivity contribution >= 4 is 11.6 Å². The minimum Gasteiger partial charge on any atom is -0.496 e. The first kappa shape index (κ1) is 21.0. The Kier molecular flexibility index (Phi) is 5.78. The number of anilines is 1. The van der Waals surface area contributed by atoms with Gasteiger partial charge in [-0.15, -0.1) is 0 Å². The number of carbonyl (C=O) groups excluding carboxylic acids is 1. The lowest BCUT2D eigenvalue weighted by Crippen LogP contribution is -2.36. The number of ether oxygens (including phenoxy) is 2. The molecule has 1 amide bonds. The lowest BCUT2D eigenvalue weighted by molar-refractivity contribution is -0.131. The Morgan fingerprint density at radius 3 is 2.21 bits per heavy atom. The Labute approximate surface area is 168 Å². The van der Waals surface area contributed by atoms with Gasteiger partial charge in [0, 0.05) is 5.69 Å². The smallest absolute Gasteiger partial charge is 0.406 e. The molecule has 0 unspecified atom stereocenters. The molecule has 0 aromatic heterocycles. The highest BCUT2D eigenvalue weighted by molar-refractivity contribution is 6.05. The molecule has 0 fully saturated rings. The van der Waals surface area contributed by atoms with Crippen molar-refractivity contribution < 1.29 is 27.4 Å². The van der Waals surface area contributed by atoms with Crippen LogP contribution in [0.1, 0.15) is 30.0 Å². The van der Waals surface area contributed by atoms with Gasteiger partial charge in [0.25, 0.3) is 0 Å². The fourth-order valence-corrected chi connectivity index (χ4v) is 3.91. The topological polar surface area (TPSA) is 38.8 Å². The molecule has 29 heavy (non-hydrogen) atoms. The van der Waals surface area contributed by atoms with Crippen molar-refractivity contribution in [1.82, 2.24) is 0 Å². The average Bonchev–Trinajstić information content (AvgIpc) is 2.95. The summed E-state index contributed by atoms with van der Waals surface area (Å²) in [5.41, 5.74) is 4.09. The molecule has 0 bridgehead atoms. The van der Waals surface area contributed by atoms with E-state index >= 15 is 0 Å². The van der Waals surface area contributed by atoms with E-state index in [-0.39, 0.29) is 12.1 Å². The van der Waals surface area contributed by atoms with Gasteiger partial charge in [0.2, 0.25) is 5.91 Å². The van der Waals surface area contributed by atoms with Crippen LogP contribution >= 0.6 is 0 Å². The molecule has 3 rings (SSSR count). The maximum Gasteiger partial charge on any atom is 0.406 e. The number of carbonyl (C=O) groups is 1. The third kappa shape index (κ3) is 4.04. The normalized spacial score (nSPS) is 13.6. The van der Waals surface area contributed by atoms with E-state index in [1.54, 1.807) is 26.4 Å². The minimum absolute atomic E-state index is 0.0918. The molecule has 0 radical (unpaired) electrons. The minimum atomic E-state index is -4.47. The molecule has 0 N–H and O–H groups in total. The van der Waals surface area contributed by atoms with Crippen molar-refractivity contribution in [2.45, 2.75) is 39.3 Å². The van der Waals surface area contributed by atoms with Crippen LogP contribution in [0.2, 0.25) is 0 Å². The molecule has 1 aliphatic rings. The summed E-state index contributed by atoms with van der Waals surface area (Å²) in [5, 5.41) is 0. The Morgan fingerprint density at radius 2 is 1.69 bits per heavy atom. The second-order valence-corrected chi connectivity index (χ2v) is 7.15. The standard InChI is InChI=1S/C22H24F3NO3/c1-5-6-14-9-17(28-3)21(18(10-14)29-4)20-13(2)7-8-16-15(20)11-19(27)26(16)12-22(23,24)25/h7-10H,5-6,11-12H2,1-4H3. The number of alkyl halides is 3. The summed E-state index contributed by atoms with van der Waals surface area (Å²) in [6.45, 7) is 2.64. The number of fused-ring (bicyclic) bond motifs is 1. The van der Waals surface area contributed by atoms with Crippen molar-refractivity contribution in [2.75, 3.05) is 25.7 Å². The fourth-order valence-electron chi connectivity index (χ4n) is 3.91. The number of amides is 1. The number of methoxy groups -OCH3 is 2. The molecule has 0 atom stereocenters. The van der Waals surface area contributed by atoms with Gasteiger partial charge in [-0.05, 0) is 53.8 Å². The van der Waals surface area contributed by atoms with Crippen molar-refractivity contribution in [1.29, 1.82) is 0 Å². The highest BCUT2D eigenvalue weighted by Gasteiger charge is 2.39. The molecule has 0 saturated carbocycles. The zero-order valence-electron chi connectivity index (χ0n) is 16.9. The van der Waals surface area contributed by atoms with E-state index in [4.69, 9.17) is 9.47 Å². The predicted molar refractivity (Wildman–Crippen MR) is 106 cm³/mol. The van der Waals surface area contributed by atoms with E-state index in [9.17, 15) is 18.0 Å². The lowest BCUT2D eigenvalue weighted by Gasteiger charge is -2.22. The Hall–Kier alpha value is -2.70. The number of benzene rings is 2. The van der Waals surface area contributed by atoms with Gasteiger partial charge >= 0.3 is 6.18 Å². The summed E-state index contributed by atoms with van der Waals surface area (Å²) in [6.07, 6.45) is -2.77. The summed E-state index contributed by atoms with van der Waals surface area (Å²) in [6, 6.07) is 7.15. The van der Waals surface area contributed by atoms with Gasteiger partial charge in [-0.1, -0.05) is 19.4 Å². The number of hydrogen-bond donors (Lipinski definition) is 0. The fraction of sp³-hybridized carbons (Fsp3) is 0.409. The van der Waals surface area contributed by atoms with E-state index in [0.29, 0.717) is 28.2 Å². The number of rotatable bonds is 6. The van der Waals surface area contributed by atoms with E-state index in [1.165, 1.54) is 0 Å². The molecule has 2 aromatic rings. The molecule has 156 valence electrons. The Morgan fingerprint density at radius 1 is 1.07 bits per heavy atom. The molecule has 1 heterocycles. The van der Waals surface area contributed by atoms with E-state index in [0.717, 1.165) is 28.9 Å². The quantitative estimate of drug-likeness (QED) is 0.670. The first-order chi connectivity index (χ1) is 13.7. The maximum atomic E-state index is 13.0. The number of hydrogen-bond acceptors (Lipinski definition) is 3. The van der Waals surface area contributed by atoms with E-state index < -0.39 is 18.6 Å². The highest BCUT2D eigenvalue weighted by atomic mass is 19.4. The van der Waals surface area contributed by atoms with Crippen molar-refractivity contribution in [3.05, 3.63) is 41.0 Å². The van der Waals surface area contributed by atoms with Crippen LogP contribution in [0.15, 0.2) is 24.3 Å². The summed E-state index contributed by atoms with van der Waals surface area (Å²) >= 11 is 0. The monoisotopic (exact) mass is 407 g/mol. The molecular formula is C22H24F3NO3. The molecular weight excluding hydrogens is 383 g/mol. The molecule has 0 saturated heterocycles. The van der Waals surface area contributed by atoms with Gasteiger partial charge in [0.1, 0.15) is 18.0 Å². The van der Waals surface area contributed by atoms with Crippen LogP contribution in [-0.4, -0.2) is 32.8 Å². The first-order valence-corrected chi connectivity index (χ1v) is 9.45. The molecule has 0 aliphatic carbocycles. The second-order valence-electron chi connectivity index (χ2n) is 7.15. The van der Waals surface area contributed by atoms with Crippen molar-refractivity contribution in [2.24, 2.45) is 0 Å². The van der Waals surface area contributed by atoms with Gasteiger partial charge in [0.05, 0.1) is 26.2 Å². The van der Waals surface area contributed by atoms with Crippen LogP contribution in [0.25, 0.3) is 11.1 Å². The van der Waals surface area contributed by atoms with Gasteiger partial charge in [0.15, 0.2) is 0 Å². The first-order valence-electron chi connectivity index (χ1n) is 9.45. The van der Waals surface area contributed by atoms with Crippen LogP contribution in [0, 0.1) is 6.92 Å². The third-order valence-corrected chi connectivity index (χ3v) is 5.11. The van der Waals surface area contributed by atoms with Crippen LogP contribution in [-0.2, 0) is 17.6 Å². The van der Waals surface area contributed by atoms with Gasteiger partial charge in [-0.25, -0.2) is 0 Å². The zero-order valence-corrected chi connectivity index (χ0v) is 16.9. The van der Waals surface area contributed by atoms with Crippen LogP contribution in [0.4, 0.5) is 18.9 Å². The molecule has 0 spiro atoms. The number of aryl methyl sites for hydroxylation is 2. The molecule has 4 nitrogen and oxygen atoms in total. The average molecular weight is 407 g/mol. The summed E-state index contributed by atoms with van der Waals surface area (Å²) < 4.78 is 50.2. The molecule has 1 aliphatic heterocycles. The van der Waals surface area contributed by atoms with Gasteiger partial charge < -0.3 is 14.4 Å². The predicted octanol–water partition coefficient (Wildman–Crippen LogP) is 5.08. The summed E-state index contributed by atoms with van der Waals surface area (Å²) in [7, 11) is 3.10. The van der Waals surface area contributed by atoms with Gasteiger partial charge in [-0.2, -0.15) is 13.2 Å². The largest absolute Gasteiger partial charge is 0.496 e. The highest BCUT2D eigenvalue weighted by Crippen LogP contribution is 2.47. The maximum absolute atomic E-state index is 13.0. The third-order valence-electron chi connectivity index (χ3n) is 5.11. The number of nitrogens with zero attached hydrogens (tertiary/aromatic N) is 1. The Balaban J connectivity index is 2.23. The van der Waals surface area contributed by atoms with Crippen molar-refractivity contribution in [3.63, 3.8) is 0 Å². The van der Waals surface area contributed by atoms with Crippen LogP contribution < -0.4 is 14.4 Å². The Bertz CT molecular complexity index is 913. The van der Waals surface area contributed by atoms with E-state index in [2.05, 4.69) is 6.92 Å².